The lowest BCUT2D eigenvalue weighted by Gasteiger charge is -2.31. The van der Waals surface area contributed by atoms with Crippen molar-refractivity contribution in [1.82, 2.24) is 4.90 Å². The Hall–Kier alpha value is -3.14. The summed E-state index contributed by atoms with van der Waals surface area (Å²) in [6, 6.07) is 25.2. The van der Waals surface area contributed by atoms with Gasteiger partial charge in [0.05, 0.1) is 21.8 Å². The van der Waals surface area contributed by atoms with E-state index < -0.39 is 9.84 Å². The maximum Gasteiger partial charge on any atom is 0.181 e. The molecule has 0 atom stereocenters. The first-order valence-corrected chi connectivity index (χ1v) is 13.2. The molecule has 0 saturated carbocycles. The molecule has 0 aliphatic carbocycles. The molecule has 3 aromatic carbocycles. The molecule has 0 N–H and O–H groups in total. The SMILES string of the molecule is CN(C)c1ccc(CCN2CCC(S(=O)(=O)c3ccc(-c4ccc(C#N)cc4)cc3)CC2)cc1. The highest BCUT2D eigenvalue weighted by Crippen LogP contribution is 2.27. The number of piperidine rings is 1. The Balaban J connectivity index is 1.32. The second kappa shape index (κ2) is 10.4. The molecule has 3 aromatic rings. The fourth-order valence-corrected chi connectivity index (χ4v) is 6.19. The maximum absolute atomic E-state index is 13.2. The van der Waals surface area contributed by atoms with Crippen molar-refractivity contribution >= 4 is 15.5 Å². The number of likely N-dealkylation sites (tertiary alicyclic amines) is 1. The van der Waals surface area contributed by atoms with Crippen LogP contribution in [0, 0.1) is 11.3 Å². The highest BCUT2D eigenvalue weighted by molar-refractivity contribution is 7.92. The van der Waals surface area contributed by atoms with E-state index in [0.717, 1.165) is 37.2 Å². The van der Waals surface area contributed by atoms with Gasteiger partial charge in [0.2, 0.25) is 0 Å². The summed E-state index contributed by atoms with van der Waals surface area (Å²) >= 11 is 0. The molecule has 0 radical (unpaired) electrons. The normalized spacial score (nSPS) is 15.1. The van der Waals surface area contributed by atoms with Crippen molar-refractivity contribution in [1.29, 1.82) is 5.26 Å². The third-order valence-electron chi connectivity index (χ3n) is 6.67. The van der Waals surface area contributed by atoms with E-state index in [9.17, 15) is 8.42 Å². The zero-order valence-electron chi connectivity index (χ0n) is 19.8. The quantitative estimate of drug-likeness (QED) is 0.494. The highest BCUT2D eigenvalue weighted by Gasteiger charge is 2.31. The summed E-state index contributed by atoms with van der Waals surface area (Å²) in [5, 5.41) is 8.62. The zero-order chi connectivity index (χ0) is 24.1. The molecule has 0 amide bonds. The molecule has 5 nitrogen and oxygen atoms in total. The summed E-state index contributed by atoms with van der Waals surface area (Å²) in [5.74, 6) is 0. The van der Waals surface area contributed by atoms with E-state index in [1.807, 2.05) is 38.4 Å². The molecular formula is C28H31N3O2S. The average molecular weight is 474 g/mol. The van der Waals surface area contributed by atoms with E-state index in [0.29, 0.717) is 23.3 Å². The van der Waals surface area contributed by atoms with Crippen molar-refractivity contribution in [2.75, 3.05) is 38.6 Å². The van der Waals surface area contributed by atoms with Crippen LogP contribution in [0.2, 0.25) is 0 Å². The molecule has 1 fully saturated rings. The minimum absolute atomic E-state index is 0.330. The number of hydrogen-bond acceptors (Lipinski definition) is 5. The summed E-state index contributed by atoms with van der Waals surface area (Å²) in [6.45, 7) is 2.57. The molecule has 6 heteroatoms. The van der Waals surface area contributed by atoms with Gasteiger partial charge in [-0.1, -0.05) is 36.4 Å². The molecule has 1 aliphatic rings. The Morgan fingerprint density at radius 3 is 1.97 bits per heavy atom. The van der Waals surface area contributed by atoms with Gasteiger partial charge in [-0.05, 0) is 85.4 Å². The van der Waals surface area contributed by atoms with Gasteiger partial charge >= 0.3 is 0 Å². The summed E-state index contributed by atoms with van der Waals surface area (Å²) in [7, 11) is 0.728. The second-order valence-electron chi connectivity index (χ2n) is 9.11. The minimum Gasteiger partial charge on any atom is -0.378 e. The van der Waals surface area contributed by atoms with E-state index in [2.05, 4.69) is 40.1 Å². The zero-order valence-corrected chi connectivity index (χ0v) is 20.6. The first-order valence-electron chi connectivity index (χ1n) is 11.7. The lowest BCUT2D eigenvalue weighted by molar-refractivity contribution is 0.232. The van der Waals surface area contributed by atoms with Crippen LogP contribution in [-0.2, 0) is 16.3 Å². The van der Waals surface area contributed by atoms with Crippen LogP contribution in [0.1, 0.15) is 24.0 Å². The number of nitriles is 1. The predicted molar refractivity (Wildman–Crippen MR) is 138 cm³/mol. The van der Waals surface area contributed by atoms with Gasteiger partial charge in [-0.25, -0.2) is 8.42 Å². The topological polar surface area (TPSA) is 64.4 Å². The largest absolute Gasteiger partial charge is 0.378 e. The standard InChI is InChI=1S/C28H31N3O2S/c1-30(2)26-11-5-22(6-12-26)15-18-31-19-16-28(17-20-31)34(32,33)27-13-9-25(10-14-27)24-7-3-23(21-29)4-8-24/h3-14,28H,15-20H2,1-2H3. The molecule has 0 bridgehead atoms. The molecule has 1 aliphatic heterocycles. The fourth-order valence-electron chi connectivity index (χ4n) is 4.46. The van der Waals surface area contributed by atoms with E-state index >= 15 is 0 Å². The molecule has 4 rings (SSSR count). The van der Waals surface area contributed by atoms with Crippen LogP contribution in [0.3, 0.4) is 0 Å². The van der Waals surface area contributed by atoms with E-state index in [1.54, 1.807) is 24.3 Å². The third kappa shape index (κ3) is 5.49. The Bertz CT molecular complexity index is 1240. The van der Waals surface area contributed by atoms with Crippen LogP contribution in [0.25, 0.3) is 11.1 Å². The van der Waals surface area contributed by atoms with Crippen molar-refractivity contribution in [3.05, 3.63) is 83.9 Å². The van der Waals surface area contributed by atoms with Gasteiger partial charge in [0.25, 0.3) is 0 Å². The van der Waals surface area contributed by atoms with Crippen LogP contribution in [0.5, 0.6) is 0 Å². The molecule has 1 saturated heterocycles. The number of hydrogen-bond donors (Lipinski definition) is 0. The monoisotopic (exact) mass is 473 g/mol. The third-order valence-corrected chi connectivity index (χ3v) is 8.95. The Kier molecular flexibility index (Phi) is 7.35. The van der Waals surface area contributed by atoms with Gasteiger partial charge in [0.1, 0.15) is 0 Å². The van der Waals surface area contributed by atoms with Crippen molar-refractivity contribution in [2.45, 2.75) is 29.4 Å². The number of nitrogens with zero attached hydrogens (tertiary/aromatic N) is 3. The molecule has 0 spiro atoms. The average Bonchev–Trinajstić information content (AvgIpc) is 2.88. The Morgan fingerprint density at radius 2 is 1.44 bits per heavy atom. The van der Waals surface area contributed by atoms with Crippen molar-refractivity contribution < 1.29 is 8.42 Å². The van der Waals surface area contributed by atoms with Crippen LogP contribution in [-0.4, -0.2) is 52.3 Å². The summed E-state index contributed by atoms with van der Waals surface area (Å²) in [4.78, 5) is 4.86. The van der Waals surface area contributed by atoms with Crippen LogP contribution in [0.15, 0.2) is 77.7 Å². The van der Waals surface area contributed by atoms with Crippen LogP contribution >= 0.6 is 0 Å². The van der Waals surface area contributed by atoms with Crippen molar-refractivity contribution in [2.24, 2.45) is 0 Å². The molecule has 176 valence electrons. The lowest BCUT2D eigenvalue weighted by Crippen LogP contribution is -2.40. The van der Waals surface area contributed by atoms with Crippen molar-refractivity contribution in [3.8, 4) is 17.2 Å². The van der Waals surface area contributed by atoms with Gasteiger partial charge in [0.15, 0.2) is 9.84 Å². The number of anilines is 1. The van der Waals surface area contributed by atoms with E-state index in [1.165, 1.54) is 11.3 Å². The van der Waals surface area contributed by atoms with Crippen LogP contribution in [0.4, 0.5) is 5.69 Å². The predicted octanol–water partition coefficient (Wildman–Crippen LogP) is 4.77. The maximum atomic E-state index is 13.2. The first-order chi connectivity index (χ1) is 16.4. The van der Waals surface area contributed by atoms with E-state index in [4.69, 9.17) is 5.26 Å². The minimum atomic E-state index is -3.35. The first kappa shape index (κ1) is 24.0. The van der Waals surface area contributed by atoms with Crippen LogP contribution < -0.4 is 4.90 Å². The van der Waals surface area contributed by atoms with Gasteiger partial charge in [-0.2, -0.15) is 5.26 Å². The van der Waals surface area contributed by atoms with Gasteiger partial charge in [-0.15, -0.1) is 0 Å². The molecule has 34 heavy (non-hydrogen) atoms. The fraction of sp³-hybridized carbons (Fsp3) is 0.321. The summed E-state index contributed by atoms with van der Waals surface area (Å²) < 4.78 is 26.5. The van der Waals surface area contributed by atoms with Gasteiger partial charge in [-0.3, -0.25) is 0 Å². The summed E-state index contributed by atoms with van der Waals surface area (Å²) in [5.41, 5.74) is 5.02. The smallest absolute Gasteiger partial charge is 0.181 e. The van der Waals surface area contributed by atoms with E-state index in [-0.39, 0.29) is 5.25 Å². The molecular weight excluding hydrogens is 442 g/mol. The molecule has 0 aromatic heterocycles. The molecule has 0 unspecified atom stereocenters. The van der Waals surface area contributed by atoms with Gasteiger partial charge in [0, 0.05) is 26.3 Å². The molecule has 1 heterocycles. The van der Waals surface area contributed by atoms with Crippen molar-refractivity contribution in [3.63, 3.8) is 0 Å². The Morgan fingerprint density at radius 1 is 0.882 bits per heavy atom. The van der Waals surface area contributed by atoms with Gasteiger partial charge < -0.3 is 9.80 Å². The number of benzene rings is 3. The number of rotatable bonds is 7. The Labute approximate surface area is 203 Å². The lowest BCUT2D eigenvalue weighted by atomic mass is 10.0. The second-order valence-corrected chi connectivity index (χ2v) is 11.3. The summed E-state index contributed by atoms with van der Waals surface area (Å²) in [6.07, 6.45) is 2.31. The number of sulfone groups is 1. The highest BCUT2D eigenvalue weighted by atomic mass is 32.2.